The predicted octanol–water partition coefficient (Wildman–Crippen LogP) is 4.09. The molecule has 0 aliphatic rings. The first-order valence-electron chi connectivity index (χ1n) is 4.81. The van der Waals surface area contributed by atoms with Gasteiger partial charge in [-0.1, -0.05) is 0 Å². The first-order chi connectivity index (χ1) is 7.05. The molecule has 0 heterocycles. The SMILES string of the molecule is Cc1ccc(OP(O)(O)(Cl)Cl)c(C(C)C)c1. The van der Waals surface area contributed by atoms with Crippen LogP contribution in [0.4, 0.5) is 0 Å². The summed E-state index contributed by atoms with van der Waals surface area (Å²) in [6.07, 6.45) is 0. The Labute approximate surface area is 105 Å². The van der Waals surface area contributed by atoms with Crippen LogP contribution in [0.3, 0.4) is 0 Å². The Kier molecular flexibility index (Phi) is 3.78. The maximum absolute atomic E-state index is 9.31. The van der Waals surface area contributed by atoms with Gasteiger partial charge in [0.05, 0.1) is 0 Å². The Morgan fingerprint density at radius 3 is 2.25 bits per heavy atom. The number of hydrogen-bond acceptors (Lipinski definition) is 3. The van der Waals surface area contributed by atoms with Crippen molar-refractivity contribution in [2.45, 2.75) is 26.7 Å². The van der Waals surface area contributed by atoms with Crippen LogP contribution in [0.25, 0.3) is 0 Å². The fraction of sp³-hybridized carbons (Fsp3) is 0.400. The Hall–Kier alpha value is -0.0500. The van der Waals surface area contributed by atoms with Crippen molar-refractivity contribution in [2.75, 3.05) is 0 Å². The molecule has 0 unspecified atom stereocenters. The van der Waals surface area contributed by atoms with E-state index < -0.39 is 5.99 Å². The third kappa shape index (κ3) is 4.44. The molecule has 2 N–H and O–H groups in total. The van der Waals surface area contributed by atoms with Crippen molar-refractivity contribution in [3.63, 3.8) is 0 Å². The molecule has 1 aromatic carbocycles. The molecular formula is C10H15Cl2O3P. The van der Waals surface area contributed by atoms with E-state index in [0.29, 0.717) is 5.75 Å². The summed E-state index contributed by atoms with van der Waals surface area (Å²) in [6.45, 7) is 5.87. The van der Waals surface area contributed by atoms with E-state index in [0.717, 1.165) is 11.1 Å². The molecule has 0 aromatic heterocycles. The van der Waals surface area contributed by atoms with E-state index in [2.05, 4.69) is 0 Å². The average Bonchev–Trinajstić information content (AvgIpc) is 2.04. The Morgan fingerprint density at radius 2 is 1.81 bits per heavy atom. The summed E-state index contributed by atoms with van der Waals surface area (Å²) in [6, 6.07) is 5.32. The molecule has 0 aliphatic heterocycles. The van der Waals surface area contributed by atoms with Crippen molar-refractivity contribution in [2.24, 2.45) is 0 Å². The molecule has 0 radical (unpaired) electrons. The molecule has 0 fully saturated rings. The average molecular weight is 285 g/mol. The van der Waals surface area contributed by atoms with Gasteiger partial charge in [-0.25, -0.2) is 0 Å². The van der Waals surface area contributed by atoms with Gasteiger partial charge < -0.3 is 0 Å². The molecule has 0 spiro atoms. The topological polar surface area (TPSA) is 49.7 Å². The minimum atomic E-state index is -5.01. The molecule has 0 bridgehead atoms. The fourth-order valence-corrected chi connectivity index (χ4v) is 2.30. The van der Waals surface area contributed by atoms with Crippen LogP contribution < -0.4 is 4.52 Å². The van der Waals surface area contributed by atoms with Gasteiger partial charge in [-0.05, 0) is 0 Å². The molecule has 0 amide bonds. The van der Waals surface area contributed by atoms with Gasteiger partial charge in [-0.15, -0.1) is 0 Å². The van der Waals surface area contributed by atoms with Gasteiger partial charge in [0, 0.05) is 0 Å². The molecule has 0 atom stereocenters. The zero-order valence-corrected chi connectivity index (χ0v) is 11.7. The Balaban J connectivity index is 3.15. The Morgan fingerprint density at radius 1 is 1.25 bits per heavy atom. The van der Waals surface area contributed by atoms with Crippen molar-refractivity contribution in [3.8, 4) is 5.75 Å². The van der Waals surface area contributed by atoms with E-state index in [-0.39, 0.29) is 5.92 Å². The second-order valence-corrected chi connectivity index (χ2v) is 9.92. The van der Waals surface area contributed by atoms with Crippen molar-refractivity contribution in [1.29, 1.82) is 0 Å². The number of hydrogen-bond donors (Lipinski definition) is 2. The van der Waals surface area contributed by atoms with Crippen LogP contribution in [0.15, 0.2) is 18.2 Å². The summed E-state index contributed by atoms with van der Waals surface area (Å²) in [5.41, 5.74) is 1.88. The molecule has 1 rings (SSSR count). The summed E-state index contributed by atoms with van der Waals surface area (Å²) in [5.74, 6) is -4.54. The summed E-state index contributed by atoms with van der Waals surface area (Å²) in [7, 11) is 0. The third-order valence-electron chi connectivity index (χ3n) is 2.04. The van der Waals surface area contributed by atoms with Crippen LogP contribution in [0.5, 0.6) is 5.75 Å². The Bertz CT molecular complexity index is 390. The molecule has 92 valence electrons. The number of rotatable bonds is 3. The van der Waals surface area contributed by atoms with Crippen molar-refractivity contribution in [1.82, 2.24) is 0 Å². The quantitative estimate of drug-likeness (QED) is 0.822. The summed E-state index contributed by atoms with van der Waals surface area (Å²) >= 11 is 10.6. The molecule has 3 nitrogen and oxygen atoms in total. The van der Waals surface area contributed by atoms with Gasteiger partial charge in [0.2, 0.25) is 0 Å². The summed E-state index contributed by atoms with van der Waals surface area (Å²) in [4.78, 5) is 18.6. The minimum absolute atomic E-state index is 0.168. The van der Waals surface area contributed by atoms with Gasteiger partial charge in [0.25, 0.3) is 0 Å². The van der Waals surface area contributed by atoms with Gasteiger partial charge in [0.1, 0.15) is 0 Å². The number of aryl methyl sites for hydroxylation is 1. The van der Waals surface area contributed by atoms with E-state index in [1.807, 2.05) is 26.8 Å². The predicted molar refractivity (Wildman–Crippen MR) is 69.0 cm³/mol. The summed E-state index contributed by atoms with van der Waals surface area (Å²) < 4.78 is 4.91. The van der Waals surface area contributed by atoms with Crippen molar-refractivity contribution >= 4 is 28.5 Å². The zero-order chi connectivity index (χ0) is 12.6. The third-order valence-corrected chi connectivity index (χ3v) is 2.95. The normalized spacial score (nSPS) is 14.6. The monoisotopic (exact) mass is 284 g/mol. The van der Waals surface area contributed by atoms with Gasteiger partial charge in [-0.2, -0.15) is 0 Å². The fourth-order valence-electron chi connectivity index (χ4n) is 1.36. The van der Waals surface area contributed by atoms with E-state index >= 15 is 0 Å². The van der Waals surface area contributed by atoms with Crippen molar-refractivity contribution < 1.29 is 14.3 Å². The van der Waals surface area contributed by atoms with Crippen LogP contribution in [-0.4, -0.2) is 9.79 Å². The molecule has 16 heavy (non-hydrogen) atoms. The molecular weight excluding hydrogens is 270 g/mol. The first-order valence-corrected chi connectivity index (χ1v) is 8.68. The van der Waals surface area contributed by atoms with Crippen LogP contribution in [0.2, 0.25) is 0 Å². The number of halogens is 2. The van der Waals surface area contributed by atoms with E-state index in [9.17, 15) is 9.79 Å². The maximum atomic E-state index is 9.31. The molecule has 0 saturated carbocycles. The second-order valence-electron chi connectivity index (χ2n) is 4.04. The van der Waals surface area contributed by atoms with Crippen LogP contribution in [0.1, 0.15) is 30.9 Å². The van der Waals surface area contributed by atoms with E-state index in [4.69, 9.17) is 27.0 Å². The van der Waals surface area contributed by atoms with Crippen LogP contribution in [-0.2, 0) is 0 Å². The second kappa shape index (κ2) is 4.32. The van der Waals surface area contributed by atoms with Gasteiger partial charge in [-0.3, -0.25) is 0 Å². The van der Waals surface area contributed by atoms with E-state index in [1.54, 1.807) is 12.1 Å². The standard InChI is InChI=1S/C10H15Cl2O3P/c1-7(2)9-6-8(3)4-5-10(9)15-16(11,12,13)14/h4-7,13-14H,1-3H3. The van der Waals surface area contributed by atoms with E-state index in [1.165, 1.54) is 0 Å². The molecule has 6 heteroatoms. The summed E-state index contributed by atoms with van der Waals surface area (Å²) in [5, 5.41) is 0. The van der Waals surface area contributed by atoms with Gasteiger partial charge in [0.15, 0.2) is 0 Å². The number of benzene rings is 1. The van der Waals surface area contributed by atoms with Crippen LogP contribution >= 0.6 is 28.5 Å². The van der Waals surface area contributed by atoms with Crippen molar-refractivity contribution in [3.05, 3.63) is 29.3 Å². The van der Waals surface area contributed by atoms with Gasteiger partial charge >= 0.3 is 105 Å². The zero-order valence-electron chi connectivity index (χ0n) is 9.32. The van der Waals surface area contributed by atoms with Crippen LogP contribution in [0, 0.1) is 6.92 Å². The first kappa shape index (κ1) is 14.0. The molecule has 0 aliphatic carbocycles. The molecule has 1 aromatic rings. The molecule has 0 saturated heterocycles.